The summed E-state index contributed by atoms with van der Waals surface area (Å²) in [6, 6.07) is 18.9. The van der Waals surface area contributed by atoms with E-state index in [0.29, 0.717) is 16.9 Å². The van der Waals surface area contributed by atoms with E-state index in [2.05, 4.69) is 16.7 Å². The first-order chi connectivity index (χ1) is 12.6. The Bertz CT molecular complexity index is 995. The standard InChI is InChI=1S/C20H13F2N3O/c21-17-10-5-13(11-18(17)22)20(26)25-16-8-6-15(7-9-16)24-19-4-2-1-3-14(19)12-23/h1-11,24H,(H,25,26). The highest BCUT2D eigenvalue weighted by atomic mass is 19.2. The molecule has 2 N–H and O–H groups in total. The van der Waals surface area contributed by atoms with Crippen molar-refractivity contribution in [3.05, 3.63) is 89.5 Å². The molecule has 6 heteroatoms. The van der Waals surface area contributed by atoms with Gasteiger partial charge in [0, 0.05) is 16.9 Å². The number of amides is 1. The van der Waals surface area contributed by atoms with Crippen molar-refractivity contribution in [3.8, 4) is 6.07 Å². The third kappa shape index (κ3) is 3.84. The molecule has 0 aliphatic carbocycles. The molecule has 0 bridgehead atoms. The number of para-hydroxylation sites is 1. The number of nitriles is 1. The highest BCUT2D eigenvalue weighted by molar-refractivity contribution is 6.04. The van der Waals surface area contributed by atoms with Crippen LogP contribution in [0.2, 0.25) is 0 Å². The van der Waals surface area contributed by atoms with Crippen LogP contribution in [0.5, 0.6) is 0 Å². The molecule has 0 atom stereocenters. The zero-order valence-corrected chi connectivity index (χ0v) is 13.5. The summed E-state index contributed by atoms with van der Waals surface area (Å²) in [6.07, 6.45) is 0. The molecular weight excluding hydrogens is 336 g/mol. The largest absolute Gasteiger partial charge is 0.354 e. The van der Waals surface area contributed by atoms with Gasteiger partial charge in [-0.15, -0.1) is 0 Å². The van der Waals surface area contributed by atoms with E-state index in [-0.39, 0.29) is 5.56 Å². The lowest BCUT2D eigenvalue weighted by Gasteiger charge is -2.10. The van der Waals surface area contributed by atoms with Crippen molar-refractivity contribution >= 4 is 23.0 Å². The molecule has 0 heterocycles. The van der Waals surface area contributed by atoms with Gasteiger partial charge in [-0.2, -0.15) is 5.26 Å². The van der Waals surface area contributed by atoms with Crippen LogP contribution in [0, 0.1) is 23.0 Å². The number of carbonyl (C=O) groups is 1. The lowest BCUT2D eigenvalue weighted by molar-refractivity contribution is 0.102. The zero-order chi connectivity index (χ0) is 18.5. The average Bonchev–Trinajstić information content (AvgIpc) is 2.66. The molecule has 3 aromatic rings. The Balaban J connectivity index is 1.70. The number of anilines is 3. The van der Waals surface area contributed by atoms with E-state index in [4.69, 9.17) is 5.26 Å². The predicted molar refractivity (Wildman–Crippen MR) is 95.2 cm³/mol. The van der Waals surface area contributed by atoms with Crippen LogP contribution in [0.25, 0.3) is 0 Å². The number of nitrogens with zero attached hydrogens (tertiary/aromatic N) is 1. The fourth-order valence-corrected chi connectivity index (χ4v) is 2.32. The fraction of sp³-hybridized carbons (Fsp3) is 0. The topological polar surface area (TPSA) is 64.9 Å². The summed E-state index contributed by atoms with van der Waals surface area (Å²) in [7, 11) is 0. The maximum Gasteiger partial charge on any atom is 0.255 e. The molecule has 0 fully saturated rings. The second kappa shape index (κ2) is 7.45. The summed E-state index contributed by atoms with van der Waals surface area (Å²) in [6.45, 7) is 0. The summed E-state index contributed by atoms with van der Waals surface area (Å²) in [5.41, 5.74) is 2.45. The second-order valence-corrected chi connectivity index (χ2v) is 5.44. The number of nitrogens with one attached hydrogen (secondary N) is 2. The molecule has 0 saturated heterocycles. The van der Waals surface area contributed by atoms with Gasteiger partial charge in [0.25, 0.3) is 5.91 Å². The molecule has 0 radical (unpaired) electrons. The van der Waals surface area contributed by atoms with Crippen molar-refractivity contribution in [2.75, 3.05) is 10.6 Å². The molecule has 26 heavy (non-hydrogen) atoms. The monoisotopic (exact) mass is 349 g/mol. The Morgan fingerprint density at radius 1 is 0.885 bits per heavy atom. The molecule has 0 aromatic heterocycles. The molecule has 1 amide bonds. The summed E-state index contributed by atoms with van der Waals surface area (Å²) in [4.78, 5) is 12.1. The summed E-state index contributed by atoms with van der Waals surface area (Å²) in [5, 5.41) is 14.8. The third-order valence-electron chi connectivity index (χ3n) is 3.65. The normalized spacial score (nSPS) is 10.0. The number of benzene rings is 3. The number of rotatable bonds is 4. The smallest absolute Gasteiger partial charge is 0.255 e. The van der Waals surface area contributed by atoms with E-state index in [1.807, 2.05) is 6.07 Å². The van der Waals surface area contributed by atoms with Gasteiger partial charge in [0.05, 0.1) is 11.3 Å². The van der Waals surface area contributed by atoms with Crippen molar-refractivity contribution < 1.29 is 13.6 Å². The summed E-state index contributed by atoms with van der Waals surface area (Å²) >= 11 is 0. The van der Waals surface area contributed by atoms with Gasteiger partial charge in [-0.3, -0.25) is 4.79 Å². The van der Waals surface area contributed by atoms with Gasteiger partial charge >= 0.3 is 0 Å². The van der Waals surface area contributed by atoms with E-state index in [0.717, 1.165) is 17.8 Å². The second-order valence-electron chi connectivity index (χ2n) is 5.44. The minimum atomic E-state index is -1.08. The molecule has 4 nitrogen and oxygen atoms in total. The third-order valence-corrected chi connectivity index (χ3v) is 3.65. The molecule has 3 rings (SSSR count). The van der Waals surface area contributed by atoms with Gasteiger partial charge in [0.15, 0.2) is 11.6 Å². The summed E-state index contributed by atoms with van der Waals surface area (Å²) in [5.74, 6) is -2.62. The van der Waals surface area contributed by atoms with Crippen LogP contribution in [-0.2, 0) is 0 Å². The number of carbonyl (C=O) groups excluding carboxylic acids is 1. The van der Waals surface area contributed by atoms with Crippen molar-refractivity contribution in [3.63, 3.8) is 0 Å². The first-order valence-electron chi connectivity index (χ1n) is 7.69. The molecule has 3 aromatic carbocycles. The lowest BCUT2D eigenvalue weighted by atomic mass is 10.1. The van der Waals surface area contributed by atoms with Gasteiger partial charge in [0.1, 0.15) is 6.07 Å². The van der Waals surface area contributed by atoms with E-state index < -0.39 is 17.5 Å². The van der Waals surface area contributed by atoms with Gasteiger partial charge in [0.2, 0.25) is 0 Å². The quantitative estimate of drug-likeness (QED) is 0.709. The zero-order valence-electron chi connectivity index (χ0n) is 13.5. The number of hydrogen-bond acceptors (Lipinski definition) is 3. The number of hydrogen-bond donors (Lipinski definition) is 2. The van der Waals surface area contributed by atoms with E-state index >= 15 is 0 Å². The molecule has 0 saturated carbocycles. The Morgan fingerprint density at radius 2 is 1.58 bits per heavy atom. The fourth-order valence-electron chi connectivity index (χ4n) is 2.32. The van der Waals surface area contributed by atoms with E-state index in [9.17, 15) is 13.6 Å². The maximum absolute atomic E-state index is 13.2. The number of halogens is 2. The van der Waals surface area contributed by atoms with Crippen molar-refractivity contribution in [1.29, 1.82) is 5.26 Å². The van der Waals surface area contributed by atoms with Crippen LogP contribution in [0.1, 0.15) is 15.9 Å². The van der Waals surface area contributed by atoms with Crippen LogP contribution in [0.3, 0.4) is 0 Å². The first kappa shape index (κ1) is 17.1. The highest BCUT2D eigenvalue weighted by Crippen LogP contribution is 2.22. The van der Waals surface area contributed by atoms with Gasteiger partial charge in [-0.1, -0.05) is 12.1 Å². The van der Waals surface area contributed by atoms with Gasteiger partial charge in [-0.05, 0) is 54.6 Å². The van der Waals surface area contributed by atoms with Crippen molar-refractivity contribution in [2.45, 2.75) is 0 Å². The molecule has 0 aliphatic rings. The Labute approximate surface area is 148 Å². The Hall–Kier alpha value is -3.72. The van der Waals surface area contributed by atoms with Crippen LogP contribution in [0.15, 0.2) is 66.7 Å². The van der Waals surface area contributed by atoms with E-state index in [1.165, 1.54) is 6.07 Å². The molecule has 128 valence electrons. The Kier molecular flexibility index (Phi) is 4.90. The van der Waals surface area contributed by atoms with Crippen LogP contribution in [0.4, 0.5) is 25.8 Å². The van der Waals surface area contributed by atoms with Crippen LogP contribution in [-0.4, -0.2) is 5.91 Å². The van der Waals surface area contributed by atoms with Gasteiger partial charge in [-0.25, -0.2) is 8.78 Å². The summed E-state index contributed by atoms with van der Waals surface area (Å²) < 4.78 is 26.1. The molecule has 0 spiro atoms. The molecular formula is C20H13F2N3O. The molecule has 0 aliphatic heterocycles. The lowest BCUT2D eigenvalue weighted by Crippen LogP contribution is -2.12. The van der Waals surface area contributed by atoms with E-state index in [1.54, 1.807) is 42.5 Å². The Morgan fingerprint density at radius 3 is 2.27 bits per heavy atom. The van der Waals surface area contributed by atoms with Crippen molar-refractivity contribution in [1.82, 2.24) is 0 Å². The minimum Gasteiger partial charge on any atom is -0.354 e. The molecule has 0 unspecified atom stereocenters. The SMILES string of the molecule is N#Cc1ccccc1Nc1ccc(NC(=O)c2ccc(F)c(F)c2)cc1. The van der Waals surface area contributed by atoms with Crippen LogP contribution < -0.4 is 10.6 Å². The van der Waals surface area contributed by atoms with Crippen LogP contribution >= 0.6 is 0 Å². The average molecular weight is 349 g/mol. The minimum absolute atomic E-state index is 0.0223. The van der Waals surface area contributed by atoms with Crippen molar-refractivity contribution in [2.24, 2.45) is 0 Å². The maximum atomic E-state index is 13.2. The predicted octanol–water partition coefficient (Wildman–Crippen LogP) is 4.83. The first-order valence-corrected chi connectivity index (χ1v) is 7.69. The van der Waals surface area contributed by atoms with Gasteiger partial charge < -0.3 is 10.6 Å². The highest BCUT2D eigenvalue weighted by Gasteiger charge is 2.10.